The van der Waals surface area contributed by atoms with Crippen molar-refractivity contribution in [3.63, 3.8) is 0 Å². The molecule has 0 fully saturated rings. The van der Waals surface area contributed by atoms with Gasteiger partial charge in [0.1, 0.15) is 11.6 Å². The monoisotopic (exact) mass is 266 g/mol. The third kappa shape index (κ3) is 2.96. The van der Waals surface area contributed by atoms with Crippen molar-refractivity contribution in [3.05, 3.63) is 47.0 Å². The fourth-order valence-corrected chi connectivity index (χ4v) is 1.68. The van der Waals surface area contributed by atoms with Crippen LogP contribution >= 0.6 is 11.6 Å². The Bertz CT molecular complexity index is 575. The molecule has 5 heteroatoms. The minimum Gasteiger partial charge on any atom is -0.424 e. The molecule has 0 spiro atoms. The van der Waals surface area contributed by atoms with Gasteiger partial charge < -0.3 is 4.74 Å². The molecule has 0 radical (unpaired) electrons. The Labute approximate surface area is 110 Å². The van der Waals surface area contributed by atoms with E-state index in [4.69, 9.17) is 16.3 Å². The van der Waals surface area contributed by atoms with Gasteiger partial charge in [-0.1, -0.05) is 0 Å². The summed E-state index contributed by atoms with van der Waals surface area (Å²) >= 11 is 5.73. The van der Waals surface area contributed by atoms with Gasteiger partial charge in [0.05, 0.1) is 11.6 Å². The van der Waals surface area contributed by atoms with Crippen LogP contribution in [0.1, 0.15) is 17.0 Å². The minimum atomic E-state index is -0.300. The first kappa shape index (κ1) is 12.8. The number of rotatable bonds is 3. The van der Waals surface area contributed by atoms with Crippen LogP contribution < -0.4 is 4.74 Å². The first-order chi connectivity index (χ1) is 8.58. The lowest BCUT2D eigenvalue weighted by atomic mass is 10.2. The zero-order valence-corrected chi connectivity index (χ0v) is 10.8. The Hall–Kier alpha value is -1.68. The fourth-order valence-electron chi connectivity index (χ4n) is 1.54. The van der Waals surface area contributed by atoms with Crippen molar-refractivity contribution in [1.29, 1.82) is 0 Å². The Morgan fingerprint density at radius 2 is 2.00 bits per heavy atom. The summed E-state index contributed by atoms with van der Waals surface area (Å²) < 4.78 is 18.5. The molecule has 0 amide bonds. The third-order valence-corrected chi connectivity index (χ3v) is 2.64. The number of benzene rings is 1. The Morgan fingerprint density at radius 1 is 1.22 bits per heavy atom. The normalized spacial score (nSPS) is 10.4. The maximum atomic E-state index is 13.0. The molecule has 18 heavy (non-hydrogen) atoms. The lowest BCUT2D eigenvalue weighted by Gasteiger charge is -2.08. The highest BCUT2D eigenvalue weighted by atomic mass is 35.5. The third-order valence-electron chi connectivity index (χ3n) is 2.36. The summed E-state index contributed by atoms with van der Waals surface area (Å²) in [4.78, 5) is 8.31. The second kappa shape index (κ2) is 5.31. The number of hydrogen-bond acceptors (Lipinski definition) is 3. The van der Waals surface area contributed by atoms with Crippen LogP contribution in [0.2, 0.25) is 0 Å². The molecule has 2 rings (SSSR count). The van der Waals surface area contributed by atoms with E-state index in [2.05, 4.69) is 9.97 Å². The zero-order chi connectivity index (χ0) is 13.1. The molecule has 2 aromatic rings. The minimum absolute atomic E-state index is 0.223. The largest absolute Gasteiger partial charge is 0.424 e. The van der Waals surface area contributed by atoms with Gasteiger partial charge in [-0.05, 0) is 43.7 Å². The molecule has 3 nitrogen and oxygen atoms in total. The fraction of sp³-hybridized carbons (Fsp3) is 0.231. The second-order valence-electron chi connectivity index (χ2n) is 3.93. The number of ether oxygens (including phenoxy) is 1. The van der Waals surface area contributed by atoms with Crippen molar-refractivity contribution in [1.82, 2.24) is 9.97 Å². The molecule has 94 valence electrons. The number of hydrogen-bond donors (Lipinski definition) is 0. The highest BCUT2D eigenvalue weighted by molar-refractivity contribution is 6.16. The standard InChI is InChI=1S/C13H12ClFN2O/c1-8-5-10(15)3-4-12(8)18-13-16-9(2)6-11(7-14)17-13/h3-6H,7H2,1-2H3. The number of aryl methyl sites for hydroxylation is 2. The predicted octanol–water partition coefficient (Wildman–Crippen LogP) is 3.76. The van der Waals surface area contributed by atoms with Gasteiger partial charge >= 0.3 is 6.01 Å². The summed E-state index contributed by atoms with van der Waals surface area (Å²) in [6.07, 6.45) is 0. The van der Waals surface area contributed by atoms with Gasteiger partial charge in [0.15, 0.2) is 0 Å². The lowest BCUT2D eigenvalue weighted by Crippen LogP contribution is -1.98. The molecule has 0 saturated carbocycles. The van der Waals surface area contributed by atoms with E-state index in [-0.39, 0.29) is 11.8 Å². The van der Waals surface area contributed by atoms with E-state index in [9.17, 15) is 4.39 Å². The molecule has 1 heterocycles. The van der Waals surface area contributed by atoms with Gasteiger partial charge in [-0.2, -0.15) is 4.98 Å². The molecule has 0 saturated heterocycles. The van der Waals surface area contributed by atoms with Crippen LogP contribution in [0.4, 0.5) is 4.39 Å². The van der Waals surface area contributed by atoms with Crippen molar-refractivity contribution in [2.24, 2.45) is 0 Å². The van der Waals surface area contributed by atoms with Crippen LogP contribution in [-0.2, 0) is 5.88 Å². The molecule has 1 aromatic heterocycles. The van der Waals surface area contributed by atoms with Crippen molar-refractivity contribution in [3.8, 4) is 11.8 Å². The van der Waals surface area contributed by atoms with Gasteiger partial charge in [0.2, 0.25) is 0 Å². The van der Waals surface area contributed by atoms with Crippen LogP contribution in [0.5, 0.6) is 11.8 Å². The number of alkyl halides is 1. The number of halogens is 2. The van der Waals surface area contributed by atoms with Gasteiger partial charge in [0.25, 0.3) is 0 Å². The Balaban J connectivity index is 2.30. The lowest BCUT2D eigenvalue weighted by molar-refractivity contribution is 0.434. The maximum Gasteiger partial charge on any atom is 0.322 e. The summed E-state index contributed by atoms with van der Waals surface area (Å²) in [5, 5.41) is 0. The van der Waals surface area contributed by atoms with Crippen molar-refractivity contribution in [2.45, 2.75) is 19.7 Å². The number of aromatic nitrogens is 2. The van der Waals surface area contributed by atoms with Crippen molar-refractivity contribution >= 4 is 11.6 Å². The second-order valence-corrected chi connectivity index (χ2v) is 4.20. The molecule has 0 N–H and O–H groups in total. The predicted molar refractivity (Wildman–Crippen MR) is 67.5 cm³/mol. The number of nitrogens with zero attached hydrogens (tertiary/aromatic N) is 2. The van der Waals surface area contributed by atoms with Gasteiger partial charge in [0, 0.05) is 5.69 Å². The van der Waals surface area contributed by atoms with Crippen molar-refractivity contribution < 1.29 is 9.13 Å². The molecule has 0 atom stereocenters. The van der Waals surface area contributed by atoms with E-state index in [0.717, 1.165) is 5.69 Å². The zero-order valence-electron chi connectivity index (χ0n) is 10.1. The topological polar surface area (TPSA) is 35.0 Å². The van der Waals surface area contributed by atoms with E-state index in [0.29, 0.717) is 22.9 Å². The highest BCUT2D eigenvalue weighted by Gasteiger charge is 2.07. The summed E-state index contributed by atoms with van der Waals surface area (Å²) in [7, 11) is 0. The molecule has 1 aromatic carbocycles. The average molecular weight is 267 g/mol. The molecule has 0 bridgehead atoms. The molecule has 0 aliphatic carbocycles. The quantitative estimate of drug-likeness (QED) is 0.794. The van der Waals surface area contributed by atoms with Gasteiger partial charge in [-0.3, -0.25) is 0 Å². The smallest absolute Gasteiger partial charge is 0.322 e. The van der Waals surface area contributed by atoms with E-state index in [1.54, 1.807) is 19.1 Å². The maximum absolute atomic E-state index is 13.0. The first-order valence-corrected chi connectivity index (χ1v) is 5.96. The average Bonchev–Trinajstić information content (AvgIpc) is 2.32. The van der Waals surface area contributed by atoms with Crippen LogP contribution in [0.25, 0.3) is 0 Å². The van der Waals surface area contributed by atoms with E-state index >= 15 is 0 Å². The van der Waals surface area contributed by atoms with Crippen molar-refractivity contribution in [2.75, 3.05) is 0 Å². The van der Waals surface area contributed by atoms with Crippen LogP contribution in [0.15, 0.2) is 24.3 Å². The van der Waals surface area contributed by atoms with Gasteiger partial charge in [-0.25, -0.2) is 9.37 Å². The van der Waals surface area contributed by atoms with Gasteiger partial charge in [-0.15, -0.1) is 11.6 Å². The molecule has 0 aliphatic rings. The first-order valence-electron chi connectivity index (χ1n) is 5.43. The SMILES string of the molecule is Cc1cc(CCl)nc(Oc2ccc(F)cc2C)n1. The van der Waals surface area contributed by atoms with Crippen LogP contribution in [-0.4, -0.2) is 9.97 Å². The Kier molecular flexibility index (Phi) is 3.77. The summed E-state index contributed by atoms with van der Waals surface area (Å²) in [6.45, 7) is 3.60. The van der Waals surface area contributed by atoms with Crippen LogP contribution in [0, 0.1) is 19.7 Å². The highest BCUT2D eigenvalue weighted by Crippen LogP contribution is 2.23. The summed E-state index contributed by atoms with van der Waals surface area (Å²) in [5.74, 6) is 0.524. The molecular formula is C13H12ClFN2O. The molecule has 0 unspecified atom stereocenters. The molecule has 0 aliphatic heterocycles. The van der Waals surface area contributed by atoms with Crippen LogP contribution in [0.3, 0.4) is 0 Å². The summed E-state index contributed by atoms with van der Waals surface area (Å²) in [6, 6.07) is 6.29. The van der Waals surface area contributed by atoms with E-state index in [1.165, 1.54) is 12.1 Å². The molecular weight excluding hydrogens is 255 g/mol. The Morgan fingerprint density at radius 3 is 2.67 bits per heavy atom. The van der Waals surface area contributed by atoms with E-state index in [1.807, 2.05) is 6.92 Å². The summed E-state index contributed by atoms with van der Waals surface area (Å²) in [5.41, 5.74) is 2.15. The van der Waals surface area contributed by atoms with E-state index < -0.39 is 0 Å².